The molecule has 2 aliphatic rings. The summed E-state index contributed by atoms with van der Waals surface area (Å²) in [6.07, 6.45) is 4.83. The lowest BCUT2D eigenvalue weighted by molar-refractivity contribution is 0.0217. The highest BCUT2D eigenvalue weighted by molar-refractivity contribution is 7.90. The van der Waals surface area contributed by atoms with Crippen molar-refractivity contribution < 1.29 is 27.5 Å². The van der Waals surface area contributed by atoms with Crippen LogP contribution >= 0.6 is 34.8 Å². The van der Waals surface area contributed by atoms with Crippen molar-refractivity contribution in [2.75, 3.05) is 19.7 Å². The molecule has 0 aliphatic carbocycles. The molecule has 1 N–H and O–H groups in total. The van der Waals surface area contributed by atoms with Crippen LogP contribution in [0.3, 0.4) is 0 Å². The number of nitrogens with zero attached hydrogens (tertiary/aromatic N) is 5. The number of benzene rings is 2. The van der Waals surface area contributed by atoms with Gasteiger partial charge < -0.3 is 14.5 Å². The molecular weight excluding hydrogens is 739 g/mol. The second-order valence-electron chi connectivity index (χ2n) is 13.7. The monoisotopic (exact) mass is 776 g/mol. The summed E-state index contributed by atoms with van der Waals surface area (Å²) in [6.45, 7) is 7.80. The van der Waals surface area contributed by atoms with E-state index in [-0.39, 0.29) is 23.4 Å². The molecule has 4 aromatic rings. The number of halogens is 3. The molecule has 0 unspecified atom stereocenters. The number of nitrogens with one attached hydrogen (secondary N) is 1. The van der Waals surface area contributed by atoms with Gasteiger partial charge in [-0.1, -0.05) is 76.8 Å². The number of hydrogen-bond acceptors (Lipinski definition) is 8. The Morgan fingerprint density at radius 1 is 0.863 bits per heavy atom. The second-order valence-corrected chi connectivity index (χ2v) is 18.0. The van der Waals surface area contributed by atoms with Crippen LogP contribution in [0.15, 0.2) is 65.8 Å². The van der Waals surface area contributed by atoms with Crippen molar-refractivity contribution in [2.45, 2.75) is 79.8 Å². The van der Waals surface area contributed by atoms with Crippen LogP contribution in [-0.2, 0) is 19.5 Å². The molecule has 6 rings (SSSR count). The van der Waals surface area contributed by atoms with Crippen molar-refractivity contribution >= 4 is 57.0 Å². The van der Waals surface area contributed by atoms with Crippen molar-refractivity contribution in [1.29, 1.82) is 0 Å². The summed E-state index contributed by atoms with van der Waals surface area (Å²) >= 11 is 17.2. The number of carbonyl (C=O) groups excluding carboxylic acids is 2. The van der Waals surface area contributed by atoms with Gasteiger partial charge in [-0.25, -0.2) is 31.9 Å². The van der Waals surface area contributed by atoms with E-state index in [2.05, 4.69) is 4.98 Å². The maximum atomic E-state index is 14.1. The quantitative estimate of drug-likeness (QED) is 0.185. The van der Waals surface area contributed by atoms with Crippen molar-refractivity contribution in [3.63, 3.8) is 0 Å². The first kappa shape index (κ1) is 37.0. The maximum absolute atomic E-state index is 14.1. The number of hydrogen-bond donors (Lipinski definition) is 1. The Morgan fingerprint density at radius 2 is 1.45 bits per heavy atom. The largest absolute Gasteiger partial charge is 0.445 e. The minimum Gasteiger partial charge on any atom is -0.445 e. The molecule has 272 valence electrons. The molecule has 2 aliphatic heterocycles. The van der Waals surface area contributed by atoms with Crippen molar-refractivity contribution in [1.82, 2.24) is 28.7 Å². The van der Waals surface area contributed by atoms with Crippen molar-refractivity contribution in [2.24, 2.45) is 0 Å². The fraction of sp³-hybridized carbons (Fsp3) is 0.429. The van der Waals surface area contributed by atoms with Gasteiger partial charge in [0.15, 0.2) is 0 Å². The number of carbonyl (C=O) groups is 2. The molecule has 16 heteroatoms. The molecular formula is C35H39Cl3N6O6S. The number of alkyl halides is 3. The van der Waals surface area contributed by atoms with Crippen molar-refractivity contribution in [3.05, 3.63) is 78.1 Å². The molecule has 2 aromatic carbocycles. The summed E-state index contributed by atoms with van der Waals surface area (Å²) < 4.78 is 38.5. The fourth-order valence-corrected chi connectivity index (χ4v) is 7.81. The number of aromatic amines is 1. The molecule has 2 atom stereocenters. The molecule has 0 spiro atoms. The van der Waals surface area contributed by atoms with Crippen LogP contribution in [0.1, 0.15) is 75.8 Å². The van der Waals surface area contributed by atoms with Crippen LogP contribution in [0.2, 0.25) is 0 Å². The van der Waals surface area contributed by atoms with E-state index >= 15 is 0 Å². The predicted molar refractivity (Wildman–Crippen MR) is 194 cm³/mol. The molecule has 2 amide bonds. The molecule has 2 fully saturated rings. The Bertz CT molecular complexity index is 2000. The van der Waals surface area contributed by atoms with Crippen LogP contribution < -0.4 is 0 Å². The molecule has 0 radical (unpaired) electrons. The van der Waals surface area contributed by atoms with Crippen LogP contribution in [0.5, 0.6) is 0 Å². The van der Waals surface area contributed by atoms with Crippen LogP contribution in [-0.4, -0.2) is 78.4 Å². The summed E-state index contributed by atoms with van der Waals surface area (Å²) in [7, 11) is -4.07. The summed E-state index contributed by atoms with van der Waals surface area (Å²) in [5.74, 6) is 0.844. The average Bonchev–Trinajstić information content (AvgIpc) is 3.88. The van der Waals surface area contributed by atoms with Gasteiger partial charge in [0.1, 0.15) is 23.9 Å². The highest BCUT2D eigenvalue weighted by Crippen LogP contribution is 2.37. The Morgan fingerprint density at radius 3 is 2.06 bits per heavy atom. The highest BCUT2D eigenvalue weighted by atomic mass is 35.6. The first-order valence-corrected chi connectivity index (χ1v) is 19.1. The normalized spacial score (nSPS) is 18.3. The SMILES string of the molecule is Cc1ccc(S(=O)(=O)n2cc(-c3ccc(-c4c[nH]c([C@@H]5CCCN5C(=O)OCC(Cl)(Cl)Cl)n4)cc3)nc2[C@@H]2CCCN2C(=O)OC(C)(C)C)cc1. The third-order valence-corrected chi connectivity index (χ3v) is 10.7. The first-order chi connectivity index (χ1) is 24.0. The number of aromatic nitrogens is 4. The number of amides is 2. The molecule has 0 saturated carbocycles. The van der Waals surface area contributed by atoms with E-state index in [0.717, 1.165) is 17.5 Å². The standard InChI is InChI=1S/C35H39Cl3N6O6S/c1-22-9-15-25(16-10-22)51(47,48)44-20-27(41-31(44)29-8-6-18-43(29)33(46)50-34(2,3)4)24-13-11-23(12-14-24)26-19-39-30(40-26)28-7-5-17-42(28)32(45)49-21-35(36,37)38/h9-16,19-20,28-29H,5-8,17-18,21H2,1-4H3,(H,39,40)/t28-,29-/m0/s1. The smallest absolute Gasteiger partial charge is 0.410 e. The van der Waals surface area contributed by atoms with Gasteiger partial charge in [0.2, 0.25) is 3.79 Å². The van der Waals surface area contributed by atoms with E-state index in [9.17, 15) is 18.0 Å². The Kier molecular flexibility index (Phi) is 10.4. The van der Waals surface area contributed by atoms with Gasteiger partial charge in [-0.3, -0.25) is 9.80 Å². The third kappa shape index (κ3) is 8.32. The Labute approximate surface area is 312 Å². The topological polar surface area (TPSA) is 140 Å². The number of rotatable bonds is 7. The van der Waals surface area contributed by atoms with E-state index in [4.69, 9.17) is 54.2 Å². The number of ether oxygens (including phenoxy) is 2. The predicted octanol–water partition coefficient (Wildman–Crippen LogP) is 8.20. The lowest BCUT2D eigenvalue weighted by Gasteiger charge is -2.28. The molecule has 2 saturated heterocycles. The zero-order chi connectivity index (χ0) is 36.7. The summed E-state index contributed by atoms with van der Waals surface area (Å²) in [4.78, 5) is 42.0. The highest BCUT2D eigenvalue weighted by Gasteiger charge is 2.39. The van der Waals surface area contributed by atoms with E-state index in [1.54, 1.807) is 61.0 Å². The zero-order valence-corrected chi connectivity index (χ0v) is 31.7. The van der Waals surface area contributed by atoms with Crippen LogP contribution in [0, 0.1) is 6.92 Å². The van der Waals surface area contributed by atoms with E-state index in [1.165, 1.54) is 10.2 Å². The lowest BCUT2D eigenvalue weighted by Crippen LogP contribution is -2.37. The summed E-state index contributed by atoms with van der Waals surface area (Å²) in [5.41, 5.74) is 2.77. The van der Waals surface area contributed by atoms with Gasteiger partial charge in [-0.2, -0.15) is 0 Å². The minimum absolute atomic E-state index is 0.115. The van der Waals surface area contributed by atoms with Crippen molar-refractivity contribution in [3.8, 4) is 22.5 Å². The Hall–Kier alpha value is -3.78. The lowest BCUT2D eigenvalue weighted by atomic mass is 10.1. The van der Waals surface area contributed by atoms with Crippen LogP contribution in [0.4, 0.5) is 9.59 Å². The molecule has 4 heterocycles. The van der Waals surface area contributed by atoms with Gasteiger partial charge in [-0.15, -0.1) is 0 Å². The zero-order valence-electron chi connectivity index (χ0n) is 28.6. The maximum Gasteiger partial charge on any atom is 0.410 e. The summed E-state index contributed by atoms with van der Waals surface area (Å²) in [6, 6.07) is 13.1. The van der Waals surface area contributed by atoms with Gasteiger partial charge in [0, 0.05) is 36.6 Å². The van der Waals surface area contributed by atoms with E-state index in [0.29, 0.717) is 55.1 Å². The number of H-pyrrole nitrogens is 1. The van der Waals surface area contributed by atoms with Gasteiger partial charge in [0.25, 0.3) is 10.0 Å². The number of imidazole rings is 2. The Balaban J connectivity index is 1.28. The third-order valence-electron chi connectivity index (χ3n) is 8.69. The second kappa shape index (κ2) is 14.3. The molecule has 12 nitrogen and oxygen atoms in total. The summed E-state index contributed by atoms with van der Waals surface area (Å²) in [5, 5.41) is 0. The van der Waals surface area contributed by atoms with E-state index < -0.39 is 37.6 Å². The number of aryl methyl sites for hydroxylation is 1. The first-order valence-electron chi connectivity index (χ1n) is 16.6. The van der Waals surface area contributed by atoms with Gasteiger partial charge in [-0.05, 0) is 65.5 Å². The molecule has 0 bridgehead atoms. The van der Waals surface area contributed by atoms with E-state index in [1.807, 2.05) is 31.2 Å². The van der Waals surface area contributed by atoms with Crippen LogP contribution in [0.25, 0.3) is 22.5 Å². The average molecular weight is 778 g/mol. The number of likely N-dealkylation sites (tertiary alicyclic amines) is 2. The molecule has 51 heavy (non-hydrogen) atoms. The van der Waals surface area contributed by atoms with Gasteiger partial charge in [0.05, 0.1) is 28.4 Å². The molecule has 2 aromatic heterocycles. The minimum atomic E-state index is -4.07. The fourth-order valence-electron chi connectivity index (χ4n) is 6.29. The van der Waals surface area contributed by atoms with Gasteiger partial charge >= 0.3 is 12.2 Å².